The van der Waals surface area contributed by atoms with Crippen LogP contribution in [0.1, 0.15) is 30.9 Å². The highest BCUT2D eigenvalue weighted by atomic mass is 16.6. The Bertz CT molecular complexity index is 872. The number of nitrogens with one attached hydrogen (secondary N) is 2. The largest absolute Gasteiger partial charge is 0.486 e. The van der Waals surface area contributed by atoms with Crippen molar-refractivity contribution in [3.8, 4) is 11.5 Å². The SMILES string of the molecule is O=C(NCCC(=O)N1CCCC1c1ccc2c(c1)OCCO2)Nc1ccccc1. The van der Waals surface area contributed by atoms with Crippen molar-refractivity contribution in [3.05, 3.63) is 54.1 Å². The van der Waals surface area contributed by atoms with E-state index in [-0.39, 0.29) is 24.4 Å². The maximum Gasteiger partial charge on any atom is 0.319 e. The molecule has 29 heavy (non-hydrogen) atoms. The standard InChI is InChI=1S/C22H25N3O4/c26-21(10-11-23-22(27)24-17-5-2-1-3-6-17)25-12-4-7-18(25)16-8-9-19-20(15-16)29-14-13-28-19/h1-3,5-6,8-9,15,18H,4,7,10-14H2,(H2,23,24,27). The first-order chi connectivity index (χ1) is 14.2. The van der Waals surface area contributed by atoms with E-state index in [4.69, 9.17) is 9.47 Å². The average Bonchev–Trinajstić information content (AvgIpc) is 3.24. The minimum absolute atomic E-state index is 0.0384. The molecule has 1 fully saturated rings. The highest BCUT2D eigenvalue weighted by molar-refractivity contribution is 5.89. The van der Waals surface area contributed by atoms with Gasteiger partial charge in [0, 0.05) is 25.2 Å². The number of benzene rings is 2. The van der Waals surface area contributed by atoms with E-state index in [2.05, 4.69) is 10.6 Å². The van der Waals surface area contributed by atoms with Crippen molar-refractivity contribution in [1.29, 1.82) is 0 Å². The number of likely N-dealkylation sites (tertiary alicyclic amines) is 1. The van der Waals surface area contributed by atoms with E-state index >= 15 is 0 Å². The molecule has 2 aromatic rings. The molecule has 2 N–H and O–H groups in total. The lowest BCUT2D eigenvalue weighted by atomic mass is 10.0. The number of hydrogen-bond acceptors (Lipinski definition) is 4. The molecule has 0 saturated carbocycles. The number of para-hydroxylation sites is 1. The van der Waals surface area contributed by atoms with E-state index in [0.717, 1.165) is 42.1 Å². The monoisotopic (exact) mass is 395 g/mol. The van der Waals surface area contributed by atoms with Crippen LogP contribution in [-0.2, 0) is 4.79 Å². The van der Waals surface area contributed by atoms with Crippen LogP contribution in [0.15, 0.2) is 48.5 Å². The summed E-state index contributed by atoms with van der Waals surface area (Å²) in [4.78, 5) is 26.6. The van der Waals surface area contributed by atoms with Gasteiger partial charge in [-0.25, -0.2) is 4.79 Å². The van der Waals surface area contributed by atoms with Gasteiger partial charge in [-0.2, -0.15) is 0 Å². The summed E-state index contributed by atoms with van der Waals surface area (Å²) in [7, 11) is 0. The van der Waals surface area contributed by atoms with Crippen LogP contribution in [0.25, 0.3) is 0 Å². The van der Waals surface area contributed by atoms with E-state index in [0.29, 0.717) is 19.8 Å². The first kappa shape index (κ1) is 19.1. The molecule has 0 bridgehead atoms. The molecule has 1 unspecified atom stereocenters. The number of rotatable bonds is 5. The molecule has 152 valence electrons. The molecule has 2 aromatic carbocycles. The maximum absolute atomic E-state index is 12.8. The van der Waals surface area contributed by atoms with E-state index in [1.165, 1.54) is 0 Å². The highest BCUT2D eigenvalue weighted by Crippen LogP contribution is 2.38. The molecule has 2 aliphatic rings. The zero-order chi connectivity index (χ0) is 20.1. The molecule has 0 aromatic heterocycles. The van der Waals surface area contributed by atoms with Crippen LogP contribution in [0.4, 0.5) is 10.5 Å². The van der Waals surface area contributed by atoms with Gasteiger partial charge in [-0.1, -0.05) is 24.3 Å². The third-order valence-corrected chi connectivity index (χ3v) is 5.18. The van der Waals surface area contributed by atoms with E-state index in [1.54, 1.807) is 0 Å². The smallest absolute Gasteiger partial charge is 0.319 e. The summed E-state index contributed by atoms with van der Waals surface area (Å²) in [5.74, 6) is 1.54. The topological polar surface area (TPSA) is 79.9 Å². The van der Waals surface area contributed by atoms with Gasteiger partial charge in [0.25, 0.3) is 0 Å². The molecule has 7 heteroatoms. The second-order valence-corrected chi connectivity index (χ2v) is 7.15. The molecular formula is C22H25N3O4. The summed E-state index contributed by atoms with van der Waals surface area (Å²) in [6.07, 6.45) is 2.16. The Labute approximate surface area is 170 Å². The molecule has 4 rings (SSSR count). The van der Waals surface area contributed by atoms with Gasteiger partial charge in [-0.05, 0) is 42.7 Å². The second kappa shape index (κ2) is 8.86. The van der Waals surface area contributed by atoms with Crippen molar-refractivity contribution in [2.75, 3.05) is 31.6 Å². The van der Waals surface area contributed by atoms with Gasteiger partial charge in [0.15, 0.2) is 11.5 Å². The van der Waals surface area contributed by atoms with Gasteiger partial charge in [0.05, 0.1) is 6.04 Å². The third-order valence-electron chi connectivity index (χ3n) is 5.18. The molecule has 2 heterocycles. The highest BCUT2D eigenvalue weighted by Gasteiger charge is 2.30. The average molecular weight is 395 g/mol. The Hall–Kier alpha value is -3.22. The quantitative estimate of drug-likeness (QED) is 0.814. The molecule has 1 saturated heterocycles. The number of carbonyl (C=O) groups excluding carboxylic acids is 2. The van der Waals surface area contributed by atoms with Gasteiger partial charge < -0.3 is 25.0 Å². The predicted molar refractivity (Wildman–Crippen MR) is 109 cm³/mol. The summed E-state index contributed by atoms with van der Waals surface area (Å²) in [5, 5.41) is 5.50. The Morgan fingerprint density at radius 2 is 1.83 bits per heavy atom. The first-order valence-electron chi connectivity index (χ1n) is 9.99. The number of ether oxygens (including phenoxy) is 2. The van der Waals surface area contributed by atoms with Gasteiger partial charge in [0.1, 0.15) is 13.2 Å². The molecule has 0 radical (unpaired) electrons. The van der Waals surface area contributed by atoms with Crippen molar-refractivity contribution in [3.63, 3.8) is 0 Å². The third kappa shape index (κ3) is 4.62. The Kier molecular flexibility index (Phi) is 5.84. The number of amides is 3. The summed E-state index contributed by atoms with van der Waals surface area (Å²) in [5.41, 5.74) is 1.78. The number of urea groups is 1. The van der Waals surface area contributed by atoms with Crippen molar-refractivity contribution in [1.82, 2.24) is 10.2 Å². The zero-order valence-corrected chi connectivity index (χ0v) is 16.2. The summed E-state index contributed by atoms with van der Waals surface area (Å²) < 4.78 is 11.3. The molecular weight excluding hydrogens is 370 g/mol. The number of anilines is 1. The van der Waals surface area contributed by atoms with Crippen LogP contribution in [0.5, 0.6) is 11.5 Å². The first-order valence-corrected chi connectivity index (χ1v) is 9.99. The Morgan fingerprint density at radius 3 is 2.66 bits per heavy atom. The number of hydrogen-bond donors (Lipinski definition) is 2. The van der Waals surface area contributed by atoms with Crippen LogP contribution in [0.3, 0.4) is 0 Å². The molecule has 7 nitrogen and oxygen atoms in total. The van der Waals surface area contributed by atoms with Crippen molar-refractivity contribution in [2.24, 2.45) is 0 Å². The van der Waals surface area contributed by atoms with Crippen LogP contribution in [0, 0.1) is 0 Å². The van der Waals surface area contributed by atoms with Gasteiger partial charge in [-0.3, -0.25) is 4.79 Å². The molecule has 3 amide bonds. The lowest BCUT2D eigenvalue weighted by Gasteiger charge is -2.27. The Morgan fingerprint density at radius 1 is 1.03 bits per heavy atom. The fourth-order valence-corrected chi connectivity index (χ4v) is 3.80. The van der Waals surface area contributed by atoms with Crippen molar-refractivity contribution < 1.29 is 19.1 Å². The normalized spacial score (nSPS) is 17.7. The molecule has 0 aliphatic carbocycles. The van der Waals surface area contributed by atoms with E-state index in [1.807, 2.05) is 53.4 Å². The van der Waals surface area contributed by atoms with Crippen LogP contribution < -0.4 is 20.1 Å². The molecule has 2 aliphatic heterocycles. The van der Waals surface area contributed by atoms with Gasteiger partial charge >= 0.3 is 6.03 Å². The second-order valence-electron chi connectivity index (χ2n) is 7.15. The fraction of sp³-hybridized carbons (Fsp3) is 0.364. The fourth-order valence-electron chi connectivity index (χ4n) is 3.80. The Balaban J connectivity index is 1.30. The van der Waals surface area contributed by atoms with Crippen molar-refractivity contribution >= 4 is 17.6 Å². The number of nitrogens with zero attached hydrogens (tertiary/aromatic N) is 1. The maximum atomic E-state index is 12.8. The van der Waals surface area contributed by atoms with Crippen LogP contribution in [0.2, 0.25) is 0 Å². The van der Waals surface area contributed by atoms with Crippen LogP contribution >= 0.6 is 0 Å². The van der Waals surface area contributed by atoms with Crippen molar-refractivity contribution in [2.45, 2.75) is 25.3 Å². The number of fused-ring (bicyclic) bond motifs is 1. The number of carbonyl (C=O) groups is 2. The van der Waals surface area contributed by atoms with E-state index < -0.39 is 0 Å². The van der Waals surface area contributed by atoms with Gasteiger partial charge in [0.2, 0.25) is 5.91 Å². The zero-order valence-electron chi connectivity index (χ0n) is 16.2. The lowest BCUT2D eigenvalue weighted by molar-refractivity contribution is -0.132. The minimum atomic E-state index is -0.311. The lowest BCUT2D eigenvalue weighted by Crippen LogP contribution is -2.35. The summed E-state index contributed by atoms with van der Waals surface area (Å²) in [6, 6.07) is 14.8. The molecule has 0 spiro atoms. The summed E-state index contributed by atoms with van der Waals surface area (Å²) >= 11 is 0. The van der Waals surface area contributed by atoms with E-state index in [9.17, 15) is 9.59 Å². The minimum Gasteiger partial charge on any atom is -0.486 e. The van der Waals surface area contributed by atoms with Gasteiger partial charge in [-0.15, -0.1) is 0 Å². The molecule has 1 atom stereocenters. The summed E-state index contributed by atoms with van der Waals surface area (Å²) in [6.45, 7) is 2.13. The van der Waals surface area contributed by atoms with Crippen LogP contribution in [-0.4, -0.2) is 43.1 Å². The predicted octanol–water partition coefficient (Wildman–Crippen LogP) is 3.33.